The molecule has 0 fully saturated rings. The van der Waals surface area contributed by atoms with Crippen LogP contribution in [0, 0.1) is 6.92 Å². The molecule has 2 aromatic heterocycles. The lowest BCUT2D eigenvalue weighted by atomic mass is 10.1. The molecule has 3 rings (SSSR count). The van der Waals surface area contributed by atoms with Gasteiger partial charge in [0.05, 0.1) is 19.1 Å². The Balaban J connectivity index is 2.06. The average molecular weight is 346 g/mol. The number of rotatable bonds is 6. The van der Waals surface area contributed by atoms with Crippen LogP contribution in [0.2, 0.25) is 0 Å². The molecular weight excluding hydrogens is 328 g/mol. The number of fused-ring (bicyclic) bond motifs is 1. The first-order valence-electron chi connectivity index (χ1n) is 7.25. The maximum Gasteiger partial charge on any atom is 0.128 e. The van der Waals surface area contributed by atoms with Gasteiger partial charge in [0.1, 0.15) is 21.4 Å². The maximum absolute atomic E-state index is 5.24. The summed E-state index contributed by atoms with van der Waals surface area (Å²) >= 11 is 3.37. The highest BCUT2D eigenvalue weighted by Gasteiger charge is 2.14. The number of hydrogen-bond donors (Lipinski definition) is 0. The van der Waals surface area contributed by atoms with Crippen LogP contribution < -0.4 is 4.74 Å². The minimum atomic E-state index is 0.706. The van der Waals surface area contributed by atoms with E-state index in [0.717, 1.165) is 38.1 Å². The van der Waals surface area contributed by atoms with Crippen LogP contribution in [0.25, 0.3) is 21.3 Å². The minimum absolute atomic E-state index is 0.706. The fourth-order valence-electron chi connectivity index (χ4n) is 2.32. The van der Waals surface area contributed by atoms with Gasteiger partial charge in [-0.15, -0.1) is 23.1 Å². The van der Waals surface area contributed by atoms with Crippen LogP contribution in [0.5, 0.6) is 5.75 Å². The van der Waals surface area contributed by atoms with Crippen molar-refractivity contribution in [1.29, 1.82) is 0 Å². The van der Waals surface area contributed by atoms with Crippen molar-refractivity contribution in [1.82, 2.24) is 9.97 Å². The van der Waals surface area contributed by atoms with E-state index < -0.39 is 0 Å². The average Bonchev–Trinajstić information content (AvgIpc) is 2.99. The Bertz CT molecular complexity index is 800. The monoisotopic (exact) mass is 346 g/mol. The molecular formula is C17H18N2O2S2. The van der Waals surface area contributed by atoms with Crippen molar-refractivity contribution in [2.24, 2.45) is 0 Å². The third-order valence-corrected chi connectivity index (χ3v) is 5.25. The predicted molar refractivity (Wildman–Crippen MR) is 96.7 cm³/mol. The third-order valence-electron chi connectivity index (χ3n) is 3.44. The van der Waals surface area contributed by atoms with Crippen LogP contribution in [0.4, 0.5) is 0 Å². The van der Waals surface area contributed by atoms with Gasteiger partial charge in [0, 0.05) is 23.8 Å². The van der Waals surface area contributed by atoms with Gasteiger partial charge in [-0.1, -0.05) is 12.1 Å². The first kappa shape index (κ1) is 16.2. The van der Waals surface area contributed by atoms with E-state index in [1.807, 2.05) is 19.1 Å². The molecule has 6 heteroatoms. The molecule has 0 saturated carbocycles. The predicted octanol–water partition coefficient (Wildman–Crippen LogP) is 4.41. The van der Waals surface area contributed by atoms with E-state index in [1.54, 1.807) is 37.3 Å². The van der Waals surface area contributed by atoms with Gasteiger partial charge in [-0.25, -0.2) is 9.97 Å². The van der Waals surface area contributed by atoms with Crippen LogP contribution in [0.3, 0.4) is 0 Å². The summed E-state index contributed by atoms with van der Waals surface area (Å²) in [6.07, 6.45) is 0. The second kappa shape index (κ2) is 7.29. The molecule has 120 valence electrons. The van der Waals surface area contributed by atoms with Crippen molar-refractivity contribution in [2.45, 2.75) is 11.9 Å². The molecule has 23 heavy (non-hydrogen) atoms. The Morgan fingerprint density at radius 2 is 1.91 bits per heavy atom. The molecule has 0 bridgehead atoms. The smallest absolute Gasteiger partial charge is 0.128 e. The van der Waals surface area contributed by atoms with Crippen LogP contribution >= 0.6 is 23.1 Å². The van der Waals surface area contributed by atoms with Crippen molar-refractivity contribution < 1.29 is 9.47 Å². The normalized spacial score (nSPS) is 11.1. The molecule has 0 amide bonds. The summed E-state index contributed by atoms with van der Waals surface area (Å²) in [6.45, 7) is 2.64. The summed E-state index contributed by atoms with van der Waals surface area (Å²) in [6, 6.07) is 8.10. The minimum Gasteiger partial charge on any atom is -0.497 e. The Morgan fingerprint density at radius 1 is 1.13 bits per heavy atom. The van der Waals surface area contributed by atoms with Gasteiger partial charge in [0.15, 0.2) is 0 Å². The Kier molecular flexibility index (Phi) is 5.15. The number of aryl methyl sites for hydroxylation is 1. The van der Waals surface area contributed by atoms with E-state index in [-0.39, 0.29) is 0 Å². The lowest BCUT2D eigenvalue weighted by Crippen LogP contribution is -1.95. The first-order chi connectivity index (χ1) is 11.2. The van der Waals surface area contributed by atoms with Crippen LogP contribution in [0.15, 0.2) is 34.7 Å². The largest absolute Gasteiger partial charge is 0.497 e. The highest BCUT2D eigenvalue weighted by atomic mass is 32.2. The van der Waals surface area contributed by atoms with Crippen LogP contribution in [-0.4, -0.2) is 36.5 Å². The van der Waals surface area contributed by atoms with Crippen LogP contribution in [-0.2, 0) is 4.74 Å². The molecule has 3 aromatic rings. The molecule has 0 atom stereocenters. The standard InChI is InChI=1S/C17H18N2O2S2/c1-11-18-16(22-9-8-20-2)15-14(10-23-17(15)19-11)12-4-6-13(21-3)7-5-12/h4-7,10H,8-9H2,1-3H3. The summed E-state index contributed by atoms with van der Waals surface area (Å²) in [5.41, 5.74) is 2.32. The van der Waals surface area contributed by atoms with Gasteiger partial charge >= 0.3 is 0 Å². The van der Waals surface area contributed by atoms with Crippen molar-refractivity contribution in [3.8, 4) is 16.9 Å². The number of aromatic nitrogens is 2. The SMILES string of the molecule is COCCSc1nc(C)nc2scc(-c3ccc(OC)cc3)c12. The Hall–Kier alpha value is -1.63. The molecule has 0 spiro atoms. The zero-order valence-electron chi connectivity index (χ0n) is 13.3. The molecule has 0 radical (unpaired) electrons. The summed E-state index contributed by atoms with van der Waals surface area (Å²) in [4.78, 5) is 10.3. The van der Waals surface area contributed by atoms with Crippen molar-refractivity contribution >= 4 is 33.3 Å². The number of thiophene rings is 1. The number of methoxy groups -OCH3 is 2. The van der Waals surface area contributed by atoms with Gasteiger partial charge in [-0.05, 0) is 24.6 Å². The fraction of sp³-hybridized carbons (Fsp3) is 0.294. The van der Waals surface area contributed by atoms with E-state index in [4.69, 9.17) is 9.47 Å². The second-order valence-corrected chi connectivity index (χ2v) is 6.92. The summed E-state index contributed by atoms with van der Waals surface area (Å²) in [5, 5.41) is 4.31. The number of ether oxygens (including phenoxy) is 2. The molecule has 0 unspecified atom stereocenters. The molecule has 4 nitrogen and oxygen atoms in total. The molecule has 1 aromatic carbocycles. The summed E-state index contributed by atoms with van der Waals surface area (Å²) in [7, 11) is 3.39. The van der Waals surface area contributed by atoms with Crippen molar-refractivity contribution in [3.63, 3.8) is 0 Å². The quantitative estimate of drug-likeness (QED) is 0.376. The molecule has 0 N–H and O–H groups in total. The molecule has 0 aliphatic carbocycles. The molecule has 0 aliphatic rings. The highest BCUT2D eigenvalue weighted by molar-refractivity contribution is 7.99. The Labute approximate surface area is 143 Å². The molecule has 2 heterocycles. The van der Waals surface area contributed by atoms with Gasteiger partial charge in [0.25, 0.3) is 0 Å². The molecule has 0 saturated heterocycles. The number of hydrogen-bond acceptors (Lipinski definition) is 6. The van der Waals surface area contributed by atoms with E-state index in [2.05, 4.69) is 27.5 Å². The van der Waals surface area contributed by atoms with E-state index >= 15 is 0 Å². The Morgan fingerprint density at radius 3 is 2.61 bits per heavy atom. The van der Waals surface area contributed by atoms with Gasteiger partial charge in [-0.3, -0.25) is 0 Å². The zero-order chi connectivity index (χ0) is 16.2. The van der Waals surface area contributed by atoms with Gasteiger partial charge < -0.3 is 9.47 Å². The van der Waals surface area contributed by atoms with Crippen molar-refractivity contribution in [3.05, 3.63) is 35.5 Å². The van der Waals surface area contributed by atoms with E-state index in [0.29, 0.717) is 6.61 Å². The lowest BCUT2D eigenvalue weighted by Gasteiger charge is -2.07. The summed E-state index contributed by atoms with van der Waals surface area (Å²) < 4.78 is 10.4. The second-order valence-electron chi connectivity index (χ2n) is 4.98. The van der Waals surface area contributed by atoms with Gasteiger partial charge in [0.2, 0.25) is 0 Å². The first-order valence-corrected chi connectivity index (χ1v) is 9.11. The number of benzene rings is 1. The van der Waals surface area contributed by atoms with E-state index in [1.165, 1.54) is 5.56 Å². The fourth-order valence-corrected chi connectivity index (χ4v) is 4.37. The lowest BCUT2D eigenvalue weighted by molar-refractivity contribution is 0.218. The maximum atomic E-state index is 5.24. The van der Waals surface area contributed by atoms with E-state index in [9.17, 15) is 0 Å². The van der Waals surface area contributed by atoms with Crippen LogP contribution in [0.1, 0.15) is 5.82 Å². The number of nitrogens with zero attached hydrogens (tertiary/aromatic N) is 2. The number of thioether (sulfide) groups is 1. The molecule has 0 aliphatic heterocycles. The van der Waals surface area contributed by atoms with Gasteiger partial charge in [-0.2, -0.15) is 0 Å². The zero-order valence-corrected chi connectivity index (χ0v) is 15.0. The summed E-state index contributed by atoms with van der Waals surface area (Å²) in [5.74, 6) is 2.54. The third kappa shape index (κ3) is 3.49. The van der Waals surface area contributed by atoms with Crippen molar-refractivity contribution in [2.75, 3.05) is 26.6 Å². The highest BCUT2D eigenvalue weighted by Crippen LogP contribution is 2.38. The topological polar surface area (TPSA) is 44.2 Å².